The lowest BCUT2D eigenvalue weighted by atomic mass is 9.45. The third kappa shape index (κ3) is 2.52. The Bertz CT molecular complexity index is 1340. The molecule has 0 spiro atoms. The highest BCUT2D eigenvalue weighted by Gasteiger charge is 2.76. The van der Waals surface area contributed by atoms with Gasteiger partial charge in [0.2, 0.25) is 0 Å². The Morgan fingerprint density at radius 3 is 2.58 bits per heavy atom. The first kappa shape index (κ1) is 23.6. The first-order valence-electron chi connectivity index (χ1n) is 12.4. The quantitative estimate of drug-likeness (QED) is 0.578. The number of aliphatic hydroxyl groups excluding tert-OH is 1. The van der Waals surface area contributed by atoms with Gasteiger partial charge in [-0.1, -0.05) is 39.0 Å². The van der Waals surface area contributed by atoms with Crippen LogP contribution >= 0.6 is 0 Å². The Hall–Kier alpha value is -2.84. The first-order valence-corrected chi connectivity index (χ1v) is 12.4. The lowest BCUT2D eigenvalue weighted by Gasteiger charge is -2.61. The molecule has 4 aliphatic carbocycles. The zero-order chi connectivity index (χ0) is 25.8. The normalized spacial score (nSPS) is 43.0. The highest BCUT2D eigenvalue weighted by Crippen LogP contribution is 2.70. The van der Waals surface area contributed by atoms with Crippen LogP contribution in [0.15, 0.2) is 54.0 Å². The summed E-state index contributed by atoms with van der Waals surface area (Å²) >= 11 is 0. The molecule has 2 aromatic rings. The van der Waals surface area contributed by atoms with E-state index in [1.165, 1.54) is 6.08 Å². The average molecular weight is 497 g/mol. The molecule has 8 heteroatoms. The second-order valence-electron chi connectivity index (χ2n) is 11.6. The van der Waals surface area contributed by atoms with Crippen molar-refractivity contribution >= 4 is 12.0 Å². The van der Waals surface area contributed by atoms with Crippen molar-refractivity contribution in [3.05, 3.63) is 65.3 Å². The fraction of sp³-hybridized carbons (Fsp3) is 0.500. The number of halogens is 2. The van der Waals surface area contributed by atoms with Gasteiger partial charge < -0.3 is 15.3 Å². The van der Waals surface area contributed by atoms with E-state index in [-0.39, 0.29) is 24.8 Å². The van der Waals surface area contributed by atoms with Crippen molar-refractivity contribution in [2.75, 3.05) is 0 Å². The number of aromatic nitrogens is 2. The number of benzene rings is 1. The highest BCUT2D eigenvalue weighted by atomic mass is 19.1. The molecule has 8 unspecified atom stereocenters. The molecule has 6 rings (SSSR count). The maximum Gasteiger partial charge on any atom is 0.336 e. The number of hydrogen-bond acceptors (Lipinski definition) is 4. The predicted octanol–water partition coefficient (Wildman–Crippen LogP) is 4.25. The van der Waals surface area contributed by atoms with Gasteiger partial charge in [0, 0.05) is 16.7 Å². The molecule has 0 saturated heterocycles. The first-order chi connectivity index (χ1) is 16.9. The molecule has 3 N–H and O–H groups in total. The van der Waals surface area contributed by atoms with E-state index in [0.29, 0.717) is 5.69 Å². The van der Waals surface area contributed by atoms with Crippen molar-refractivity contribution in [3.8, 4) is 5.69 Å². The molecule has 0 aliphatic heterocycles. The van der Waals surface area contributed by atoms with Gasteiger partial charge >= 0.3 is 5.97 Å². The molecule has 0 bridgehead atoms. The summed E-state index contributed by atoms with van der Waals surface area (Å²) in [6, 6.07) is 9.41. The molecule has 0 amide bonds. The molecule has 4 aliphatic rings. The maximum absolute atomic E-state index is 17.6. The lowest BCUT2D eigenvalue weighted by Crippen LogP contribution is -2.69. The standard InChI is InChI=1S/C28H30F2N2O4/c1-15-9-18-19-10-21(29)20-11-22-16(14-31-32(22)17-7-5-4-6-8-17)12-25(20,2)27(19,30)23(33)13-26(18,3)28(15,36)24(34)35/h4-8,10-11,14-15,18-19,23,33,36H,9,12-13H2,1-3H3,(H,34,35). The van der Waals surface area contributed by atoms with Gasteiger partial charge in [-0.2, -0.15) is 5.10 Å². The number of aliphatic hydroxyl groups is 2. The minimum absolute atomic E-state index is 0.133. The zero-order valence-electron chi connectivity index (χ0n) is 20.4. The van der Waals surface area contributed by atoms with E-state index in [0.717, 1.165) is 11.3 Å². The summed E-state index contributed by atoms with van der Waals surface area (Å²) in [4.78, 5) is 12.2. The number of para-hydroxylation sites is 1. The summed E-state index contributed by atoms with van der Waals surface area (Å²) in [6.45, 7) is 4.88. The Morgan fingerprint density at radius 1 is 1.22 bits per heavy atom. The molecule has 36 heavy (non-hydrogen) atoms. The Kier molecular flexibility index (Phi) is 4.67. The molecule has 2 saturated carbocycles. The van der Waals surface area contributed by atoms with E-state index in [1.807, 2.05) is 30.3 Å². The lowest BCUT2D eigenvalue weighted by molar-refractivity contribution is -0.219. The summed E-state index contributed by atoms with van der Waals surface area (Å²) < 4.78 is 35.2. The number of aliphatic carboxylic acids is 1. The molecular weight excluding hydrogens is 466 g/mol. The number of hydrogen-bond donors (Lipinski definition) is 3. The summed E-state index contributed by atoms with van der Waals surface area (Å²) in [7, 11) is 0. The van der Waals surface area contributed by atoms with Gasteiger partial charge in [0.25, 0.3) is 0 Å². The number of allylic oxidation sites excluding steroid dienone is 3. The fourth-order valence-electron chi connectivity index (χ4n) is 8.15. The van der Waals surface area contributed by atoms with Crippen LogP contribution in [0.1, 0.15) is 44.9 Å². The zero-order valence-corrected chi connectivity index (χ0v) is 20.4. The number of rotatable bonds is 2. The Morgan fingerprint density at radius 2 is 1.92 bits per heavy atom. The highest BCUT2D eigenvalue weighted by molar-refractivity contribution is 5.80. The van der Waals surface area contributed by atoms with Gasteiger partial charge in [0.1, 0.15) is 5.83 Å². The number of carboxylic acid groups (broad SMARTS) is 1. The third-order valence-corrected chi connectivity index (χ3v) is 10.1. The molecule has 0 radical (unpaired) electrons. The van der Waals surface area contributed by atoms with Crippen molar-refractivity contribution in [1.82, 2.24) is 9.78 Å². The second kappa shape index (κ2) is 7.13. The van der Waals surface area contributed by atoms with Crippen LogP contribution in [-0.2, 0) is 11.2 Å². The van der Waals surface area contributed by atoms with Crippen molar-refractivity contribution in [2.45, 2.75) is 57.4 Å². The number of alkyl halides is 1. The molecule has 190 valence electrons. The van der Waals surface area contributed by atoms with E-state index >= 15 is 8.78 Å². The number of nitrogens with zero attached hydrogens (tertiary/aromatic N) is 2. The van der Waals surface area contributed by atoms with Gasteiger partial charge in [-0.15, -0.1) is 0 Å². The predicted molar refractivity (Wildman–Crippen MR) is 128 cm³/mol. The van der Waals surface area contributed by atoms with Crippen molar-refractivity contribution in [2.24, 2.45) is 28.6 Å². The van der Waals surface area contributed by atoms with E-state index in [1.54, 1.807) is 37.7 Å². The van der Waals surface area contributed by atoms with E-state index in [4.69, 9.17) is 0 Å². The Balaban J connectivity index is 1.52. The maximum atomic E-state index is 17.6. The largest absolute Gasteiger partial charge is 0.479 e. The topological polar surface area (TPSA) is 95.6 Å². The van der Waals surface area contributed by atoms with Crippen LogP contribution in [0.3, 0.4) is 0 Å². The van der Waals surface area contributed by atoms with Gasteiger partial charge in [0.05, 0.1) is 23.7 Å². The Labute approximate surface area is 208 Å². The van der Waals surface area contributed by atoms with Crippen LogP contribution in [0.4, 0.5) is 8.78 Å². The fourth-order valence-corrected chi connectivity index (χ4v) is 8.15. The average Bonchev–Trinajstić information content (AvgIpc) is 3.33. The smallest absolute Gasteiger partial charge is 0.336 e. The van der Waals surface area contributed by atoms with Crippen molar-refractivity contribution in [3.63, 3.8) is 0 Å². The summed E-state index contributed by atoms with van der Waals surface area (Å²) in [5, 5.41) is 37.2. The third-order valence-electron chi connectivity index (χ3n) is 10.1. The molecule has 1 aromatic carbocycles. The molecule has 6 nitrogen and oxygen atoms in total. The summed E-state index contributed by atoms with van der Waals surface area (Å²) in [5.41, 5.74) is -4.72. The van der Waals surface area contributed by atoms with Crippen molar-refractivity contribution < 1.29 is 28.9 Å². The number of carboxylic acids is 1. The van der Waals surface area contributed by atoms with E-state index in [9.17, 15) is 20.1 Å². The van der Waals surface area contributed by atoms with Crippen LogP contribution in [0, 0.1) is 28.6 Å². The van der Waals surface area contributed by atoms with Crippen LogP contribution < -0.4 is 0 Å². The van der Waals surface area contributed by atoms with E-state index in [2.05, 4.69) is 5.10 Å². The van der Waals surface area contributed by atoms with Crippen LogP contribution in [-0.4, -0.2) is 48.4 Å². The molecule has 2 fully saturated rings. The SMILES string of the molecule is CC1CC2C3C=C(F)C4=Cc5c(cnn5-c5ccccc5)CC4(C)C3(F)C(O)CC2(C)C1(O)C(=O)O. The van der Waals surface area contributed by atoms with Crippen LogP contribution in [0.5, 0.6) is 0 Å². The molecule has 8 atom stereocenters. The van der Waals surface area contributed by atoms with Crippen LogP contribution in [0.2, 0.25) is 0 Å². The number of carbonyl (C=O) groups is 1. The minimum atomic E-state index is -2.26. The van der Waals surface area contributed by atoms with Crippen molar-refractivity contribution in [1.29, 1.82) is 0 Å². The summed E-state index contributed by atoms with van der Waals surface area (Å²) in [6.07, 6.45) is 3.05. The molecule has 1 heterocycles. The summed E-state index contributed by atoms with van der Waals surface area (Å²) in [5.74, 6) is -4.38. The van der Waals surface area contributed by atoms with Crippen LogP contribution in [0.25, 0.3) is 11.8 Å². The second-order valence-corrected chi connectivity index (χ2v) is 11.6. The van der Waals surface area contributed by atoms with Gasteiger partial charge in [0.15, 0.2) is 11.3 Å². The van der Waals surface area contributed by atoms with E-state index < -0.39 is 57.8 Å². The monoisotopic (exact) mass is 496 g/mol. The minimum Gasteiger partial charge on any atom is -0.479 e. The van der Waals surface area contributed by atoms with Gasteiger partial charge in [-0.05, 0) is 66.5 Å². The number of fused-ring (bicyclic) bond motifs is 6. The van der Waals surface area contributed by atoms with Gasteiger partial charge in [-0.25, -0.2) is 18.3 Å². The molecular formula is C28H30F2N2O4. The molecule has 1 aromatic heterocycles. The van der Waals surface area contributed by atoms with Gasteiger partial charge in [-0.3, -0.25) is 0 Å².